The van der Waals surface area contributed by atoms with E-state index in [1.54, 1.807) is 6.20 Å². The molecular formula is C14H21N3O. The van der Waals surface area contributed by atoms with Gasteiger partial charge in [-0.1, -0.05) is 19.9 Å². The van der Waals surface area contributed by atoms with Crippen molar-refractivity contribution in [3.8, 4) is 0 Å². The summed E-state index contributed by atoms with van der Waals surface area (Å²) in [6.45, 7) is 5.95. The summed E-state index contributed by atoms with van der Waals surface area (Å²) in [7, 11) is 2.10. The number of aromatic nitrogens is 1. The van der Waals surface area contributed by atoms with Crippen molar-refractivity contribution in [2.45, 2.75) is 32.1 Å². The van der Waals surface area contributed by atoms with E-state index >= 15 is 0 Å². The molecule has 1 aromatic heterocycles. The summed E-state index contributed by atoms with van der Waals surface area (Å²) >= 11 is 0. The van der Waals surface area contributed by atoms with Gasteiger partial charge in [0.05, 0.1) is 5.41 Å². The van der Waals surface area contributed by atoms with Gasteiger partial charge in [0, 0.05) is 11.8 Å². The number of piperidine rings is 1. The summed E-state index contributed by atoms with van der Waals surface area (Å²) in [6, 6.07) is 3.95. The second kappa shape index (κ2) is 5.06. The van der Waals surface area contributed by atoms with Gasteiger partial charge < -0.3 is 10.2 Å². The second-order valence-corrected chi connectivity index (χ2v) is 4.74. The molecule has 2 aliphatic heterocycles. The van der Waals surface area contributed by atoms with Gasteiger partial charge in [0.1, 0.15) is 5.82 Å². The molecule has 1 fully saturated rings. The van der Waals surface area contributed by atoms with E-state index in [1.807, 2.05) is 26.0 Å². The minimum absolute atomic E-state index is 0.134. The summed E-state index contributed by atoms with van der Waals surface area (Å²) in [5.74, 6) is 0.895. The van der Waals surface area contributed by atoms with Crippen LogP contribution in [0.1, 0.15) is 32.3 Å². The van der Waals surface area contributed by atoms with E-state index in [1.165, 1.54) is 0 Å². The Balaban J connectivity index is 0.000000574. The molecule has 0 bridgehead atoms. The molecule has 1 saturated heterocycles. The average Bonchev–Trinajstić information content (AvgIpc) is 2.69. The Morgan fingerprint density at radius 3 is 2.67 bits per heavy atom. The highest BCUT2D eigenvalue weighted by Crippen LogP contribution is 2.43. The maximum absolute atomic E-state index is 12.1. The molecule has 1 aromatic rings. The van der Waals surface area contributed by atoms with Crippen LogP contribution >= 0.6 is 0 Å². The second-order valence-electron chi connectivity index (χ2n) is 4.74. The average molecular weight is 247 g/mol. The van der Waals surface area contributed by atoms with Crippen molar-refractivity contribution in [1.29, 1.82) is 0 Å². The molecular weight excluding hydrogens is 226 g/mol. The zero-order valence-electron chi connectivity index (χ0n) is 11.4. The van der Waals surface area contributed by atoms with Gasteiger partial charge in [-0.2, -0.15) is 0 Å². The molecule has 18 heavy (non-hydrogen) atoms. The Kier molecular flexibility index (Phi) is 3.66. The van der Waals surface area contributed by atoms with Crippen LogP contribution in [0.3, 0.4) is 0 Å². The molecule has 4 heteroatoms. The number of anilines is 1. The van der Waals surface area contributed by atoms with Crippen molar-refractivity contribution in [2.75, 3.05) is 25.5 Å². The topological polar surface area (TPSA) is 45.2 Å². The van der Waals surface area contributed by atoms with Crippen LogP contribution in [0, 0.1) is 0 Å². The summed E-state index contributed by atoms with van der Waals surface area (Å²) < 4.78 is 0. The standard InChI is InChI=1S/C12H15N3O.C2H6/c1-15-7-4-12(5-8-15)9-3-2-6-13-10(9)14-11(12)16;1-2/h2-3,6H,4-5,7-8H2,1H3,(H,13,14,16);1-2H3. The maximum atomic E-state index is 12.1. The van der Waals surface area contributed by atoms with Gasteiger partial charge in [-0.25, -0.2) is 4.98 Å². The molecule has 0 aromatic carbocycles. The van der Waals surface area contributed by atoms with Crippen LogP contribution < -0.4 is 5.32 Å². The van der Waals surface area contributed by atoms with Gasteiger partial charge in [-0.15, -0.1) is 0 Å². The number of rotatable bonds is 0. The van der Waals surface area contributed by atoms with E-state index in [4.69, 9.17) is 0 Å². The smallest absolute Gasteiger partial charge is 0.236 e. The lowest BCUT2D eigenvalue weighted by Gasteiger charge is -2.35. The zero-order valence-corrected chi connectivity index (χ0v) is 11.4. The van der Waals surface area contributed by atoms with Crippen LogP contribution in [0.5, 0.6) is 0 Å². The van der Waals surface area contributed by atoms with E-state index in [9.17, 15) is 4.79 Å². The fourth-order valence-electron chi connectivity index (χ4n) is 2.74. The first-order valence-corrected chi connectivity index (χ1v) is 6.68. The Labute approximate surface area is 108 Å². The predicted molar refractivity (Wildman–Crippen MR) is 72.6 cm³/mol. The lowest BCUT2D eigenvalue weighted by Crippen LogP contribution is -2.45. The molecule has 3 heterocycles. The molecule has 1 N–H and O–H groups in total. The fraction of sp³-hybridized carbons (Fsp3) is 0.571. The summed E-state index contributed by atoms with van der Waals surface area (Å²) in [6.07, 6.45) is 3.52. The van der Waals surface area contributed by atoms with Gasteiger partial charge >= 0.3 is 0 Å². The number of pyridine rings is 1. The van der Waals surface area contributed by atoms with Crippen LogP contribution in [0.4, 0.5) is 5.82 Å². The monoisotopic (exact) mass is 247 g/mol. The molecule has 98 valence electrons. The molecule has 0 radical (unpaired) electrons. The maximum Gasteiger partial charge on any atom is 0.236 e. The van der Waals surface area contributed by atoms with E-state index in [2.05, 4.69) is 22.2 Å². The highest BCUT2D eigenvalue weighted by atomic mass is 16.2. The summed E-state index contributed by atoms with van der Waals surface area (Å²) in [5.41, 5.74) is 0.781. The minimum atomic E-state index is -0.309. The number of fused-ring (bicyclic) bond motifs is 2. The normalized spacial score (nSPS) is 20.9. The first-order chi connectivity index (χ1) is 8.72. The SMILES string of the molecule is CC.CN1CCC2(CC1)C(=O)Nc1ncccc12. The van der Waals surface area contributed by atoms with E-state index in [-0.39, 0.29) is 11.3 Å². The molecule has 3 rings (SSSR count). The molecule has 2 aliphatic rings. The van der Waals surface area contributed by atoms with Crippen molar-refractivity contribution < 1.29 is 4.79 Å². The Morgan fingerprint density at radius 2 is 2.00 bits per heavy atom. The first-order valence-electron chi connectivity index (χ1n) is 6.68. The highest BCUT2D eigenvalue weighted by molar-refractivity contribution is 6.05. The van der Waals surface area contributed by atoms with Crippen molar-refractivity contribution >= 4 is 11.7 Å². The molecule has 0 atom stereocenters. The number of amides is 1. The van der Waals surface area contributed by atoms with Gasteiger partial charge in [0.15, 0.2) is 0 Å². The summed E-state index contributed by atoms with van der Waals surface area (Å²) in [5, 5.41) is 2.90. The molecule has 0 unspecified atom stereocenters. The minimum Gasteiger partial charge on any atom is -0.310 e. The van der Waals surface area contributed by atoms with E-state index < -0.39 is 0 Å². The first kappa shape index (κ1) is 13.0. The number of hydrogen-bond acceptors (Lipinski definition) is 3. The lowest BCUT2D eigenvalue weighted by molar-refractivity contribution is -0.122. The number of likely N-dealkylation sites (tertiary alicyclic amines) is 1. The van der Waals surface area contributed by atoms with E-state index in [0.29, 0.717) is 0 Å². The third-order valence-corrected chi connectivity index (χ3v) is 3.83. The van der Waals surface area contributed by atoms with Gasteiger partial charge in [0.25, 0.3) is 0 Å². The fourth-order valence-corrected chi connectivity index (χ4v) is 2.74. The largest absolute Gasteiger partial charge is 0.310 e. The van der Waals surface area contributed by atoms with Crippen molar-refractivity contribution in [2.24, 2.45) is 0 Å². The molecule has 1 amide bonds. The van der Waals surface area contributed by atoms with Gasteiger partial charge in [0.2, 0.25) is 5.91 Å². The van der Waals surface area contributed by atoms with Gasteiger partial charge in [-0.3, -0.25) is 4.79 Å². The Morgan fingerprint density at radius 1 is 1.33 bits per heavy atom. The van der Waals surface area contributed by atoms with Crippen LogP contribution in [0.15, 0.2) is 18.3 Å². The third kappa shape index (κ3) is 1.90. The molecule has 0 aliphatic carbocycles. The Bertz CT molecular complexity index is 436. The predicted octanol–water partition coefficient (Wildman–Crippen LogP) is 2.02. The molecule has 0 saturated carbocycles. The van der Waals surface area contributed by atoms with Crippen LogP contribution in [0.2, 0.25) is 0 Å². The zero-order chi connectivity index (χ0) is 13.2. The number of nitrogens with zero attached hydrogens (tertiary/aromatic N) is 2. The lowest BCUT2D eigenvalue weighted by atomic mass is 9.74. The number of nitrogens with one attached hydrogen (secondary N) is 1. The quantitative estimate of drug-likeness (QED) is 0.763. The number of carbonyl (C=O) groups excluding carboxylic acids is 1. The van der Waals surface area contributed by atoms with Crippen LogP contribution in [-0.2, 0) is 10.2 Å². The summed E-state index contributed by atoms with van der Waals surface area (Å²) in [4.78, 5) is 18.6. The van der Waals surface area contributed by atoms with Crippen LogP contribution in [0.25, 0.3) is 0 Å². The molecule has 4 nitrogen and oxygen atoms in total. The van der Waals surface area contributed by atoms with Gasteiger partial charge in [-0.05, 0) is 39.0 Å². The van der Waals surface area contributed by atoms with Crippen molar-refractivity contribution in [3.05, 3.63) is 23.9 Å². The Hall–Kier alpha value is -1.42. The van der Waals surface area contributed by atoms with Crippen LogP contribution in [-0.4, -0.2) is 35.9 Å². The van der Waals surface area contributed by atoms with Crippen molar-refractivity contribution in [1.82, 2.24) is 9.88 Å². The number of hydrogen-bond donors (Lipinski definition) is 1. The van der Waals surface area contributed by atoms with E-state index in [0.717, 1.165) is 37.3 Å². The third-order valence-electron chi connectivity index (χ3n) is 3.83. The highest BCUT2D eigenvalue weighted by Gasteiger charge is 2.48. The molecule has 1 spiro atoms. The number of carbonyl (C=O) groups is 1. The van der Waals surface area contributed by atoms with Crippen molar-refractivity contribution in [3.63, 3.8) is 0 Å².